The molecule has 0 N–H and O–H groups in total. The third-order valence-electron chi connectivity index (χ3n) is 7.56. The minimum Gasteiger partial charge on any atom is -0.281 e. The molecular formula is C26H12Cl4N2O4. The Kier molecular flexibility index (Phi) is 4.27. The summed E-state index contributed by atoms with van der Waals surface area (Å²) in [6, 6.07) is 3.06. The van der Waals surface area contributed by atoms with Crippen LogP contribution in [-0.4, -0.2) is 47.5 Å². The van der Waals surface area contributed by atoms with Crippen LogP contribution in [0.15, 0.2) is 24.3 Å². The number of fused-ring (bicyclic) bond motifs is 2. The topological polar surface area (TPSA) is 74.8 Å². The van der Waals surface area contributed by atoms with Crippen molar-refractivity contribution in [3.8, 4) is 0 Å². The van der Waals surface area contributed by atoms with E-state index in [1.54, 1.807) is 12.2 Å². The molecule has 3 aromatic carbocycles. The summed E-state index contributed by atoms with van der Waals surface area (Å²) in [6.07, 6.45) is 3.20. The van der Waals surface area contributed by atoms with Gasteiger partial charge in [-0.05, 0) is 46.2 Å². The van der Waals surface area contributed by atoms with E-state index < -0.39 is 34.9 Å². The summed E-state index contributed by atoms with van der Waals surface area (Å²) in [5.74, 6) is -2.63. The standard InChI is InChI=1S/C26H12Cl4N2O4/c1-31-23(33)7-3-11(27)17-19-13(29)5-9-16-10(26(36)32(2)25(9)35)6-14(30)20(22(16)19)18-12(28)4-8(24(31)34)15(7)21(17)18/h3-7,13H,1-2H3. The quantitative estimate of drug-likeness (QED) is 0.196. The van der Waals surface area contributed by atoms with Crippen molar-refractivity contribution < 1.29 is 19.2 Å². The van der Waals surface area contributed by atoms with Crippen LogP contribution in [0.3, 0.4) is 0 Å². The van der Waals surface area contributed by atoms with Crippen molar-refractivity contribution in [1.82, 2.24) is 9.80 Å². The molecule has 2 aliphatic carbocycles. The molecule has 10 heteroatoms. The molecule has 0 aromatic heterocycles. The van der Waals surface area contributed by atoms with Crippen LogP contribution >= 0.6 is 46.4 Å². The Morgan fingerprint density at radius 3 is 1.94 bits per heavy atom. The van der Waals surface area contributed by atoms with Crippen molar-refractivity contribution in [2.75, 3.05) is 14.1 Å². The third-order valence-corrected chi connectivity index (χ3v) is 8.82. The molecule has 36 heavy (non-hydrogen) atoms. The highest BCUT2D eigenvalue weighted by molar-refractivity contribution is 6.54. The first kappa shape index (κ1) is 22.3. The average molecular weight is 558 g/mol. The summed E-state index contributed by atoms with van der Waals surface area (Å²) in [4.78, 5) is 54.5. The van der Waals surface area contributed by atoms with Gasteiger partial charge in [0.25, 0.3) is 17.7 Å². The van der Waals surface area contributed by atoms with E-state index in [4.69, 9.17) is 46.4 Å². The first-order valence-corrected chi connectivity index (χ1v) is 12.5. The molecule has 2 heterocycles. The zero-order valence-corrected chi connectivity index (χ0v) is 21.5. The maximum absolute atomic E-state index is 13.1. The van der Waals surface area contributed by atoms with Crippen LogP contribution in [-0.2, 0) is 9.59 Å². The fourth-order valence-electron chi connectivity index (χ4n) is 6.01. The maximum Gasteiger partial charge on any atom is 0.261 e. The molecular weight excluding hydrogens is 546 g/mol. The van der Waals surface area contributed by atoms with E-state index in [1.165, 1.54) is 26.2 Å². The summed E-state index contributed by atoms with van der Waals surface area (Å²) in [5.41, 5.74) is 2.86. The molecule has 0 fully saturated rings. The number of hydrogen-bond donors (Lipinski definition) is 0. The van der Waals surface area contributed by atoms with Gasteiger partial charge in [-0.1, -0.05) is 34.8 Å². The second kappa shape index (κ2) is 6.90. The van der Waals surface area contributed by atoms with Gasteiger partial charge in [-0.25, -0.2) is 0 Å². The molecule has 0 saturated carbocycles. The highest BCUT2D eigenvalue weighted by Gasteiger charge is 2.44. The van der Waals surface area contributed by atoms with Crippen LogP contribution in [0.4, 0.5) is 0 Å². The van der Waals surface area contributed by atoms with Crippen LogP contribution in [0.5, 0.6) is 0 Å². The van der Waals surface area contributed by atoms with E-state index in [1.807, 2.05) is 0 Å². The van der Waals surface area contributed by atoms with Crippen molar-refractivity contribution in [2.24, 2.45) is 0 Å². The molecule has 0 saturated heterocycles. The predicted molar refractivity (Wildman–Crippen MR) is 139 cm³/mol. The van der Waals surface area contributed by atoms with Crippen molar-refractivity contribution in [1.29, 1.82) is 0 Å². The lowest BCUT2D eigenvalue weighted by atomic mass is 9.73. The highest BCUT2D eigenvalue weighted by atomic mass is 35.5. The molecule has 4 amide bonds. The first-order valence-electron chi connectivity index (χ1n) is 10.9. The van der Waals surface area contributed by atoms with Crippen LogP contribution in [0.25, 0.3) is 32.2 Å². The van der Waals surface area contributed by atoms with Crippen LogP contribution < -0.4 is 0 Å². The number of carbonyl (C=O) groups excluding carboxylic acids is 4. The van der Waals surface area contributed by atoms with Gasteiger partial charge >= 0.3 is 0 Å². The summed E-state index contributed by atoms with van der Waals surface area (Å²) < 4.78 is 0. The minimum atomic E-state index is -0.808. The smallest absolute Gasteiger partial charge is 0.261 e. The fourth-order valence-corrected chi connectivity index (χ4v) is 7.27. The molecule has 6 nitrogen and oxygen atoms in total. The largest absolute Gasteiger partial charge is 0.281 e. The SMILES string of the molecule is CN1C(=O)C2=CC(Cl)c3c4c5c6c(cc(Cl)c5c5c(Cl)cc(c2c35)C1=O)C(=O)N(C)C(=O)C6C=C4Cl. The van der Waals surface area contributed by atoms with Gasteiger partial charge in [0.05, 0.1) is 16.9 Å². The molecule has 2 atom stereocenters. The molecule has 2 aliphatic heterocycles. The molecule has 0 radical (unpaired) electrons. The zero-order chi connectivity index (χ0) is 25.5. The molecule has 0 bridgehead atoms. The van der Waals surface area contributed by atoms with Crippen molar-refractivity contribution in [3.05, 3.63) is 67.7 Å². The normalized spacial score (nSPS) is 22.1. The second-order valence-electron chi connectivity index (χ2n) is 9.24. The van der Waals surface area contributed by atoms with Crippen molar-refractivity contribution >= 4 is 102 Å². The predicted octanol–water partition coefficient (Wildman–Crippen LogP) is 5.88. The number of alkyl halides is 1. The maximum atomic E-state index is 13.1. The number of benzene rings is 3. The number of carbonyl (C=O) groups is 4. The Balaban J connectivity index is 1.79. The van der Waals surface area contributed by atoms with Gasteiger partial charge in [0, 0.05) is 62.2 Å². The van der Waals surface area contributed by atoms with E-state index in [2.05, 4.69) is 0 Å². The molecule has 2 unspecified atom stereocenters. The number of imide groups is 2. The summed E-state index contributed by atoms with van der Waals surface area (Å²) in [6.45, 7) is 0. The van der Waals surface area contributed by atoms with Crippen LogP contribution in [0, 0.1) is 0 Å². The van der Waals surface area contributed by atoms with Gasteiger partial charge < -0.3 is 0 Å². The number of rotatable bonds is 0. The average Bonchev–Trinajstić information content (AvgIpc) is 2.84. The van der Waals surface area contributed by atoms with Gasteiger partial charge in [-0.3, -0.25) is 29.0 Å². The molecule has 178 valence electrons. The number of allylic oxidation sites excluding steroid dienone is 1. The monoisotopic (exact) mass is 556 g/mol. The summed E-state index contributed by atoms with van der Waals surface area (Å²) in [5, 5.41) is 1.94. The zero-order valence-electron chi connectivity index (χ0n) is 18.5. The Bertz CT molecular complexity index is 1800. The van der Waals surface area contributed by atoms with E-state index >= 15 is 0 Å². The Labute approximate surface area is 223 Å². The number of amides is 4. The Morgan fingerprint density at radius 1 is 0.694 bits per heavy atom. The van der Waals surface area contributed by atoms with Gasteiger partial charge in [-0.2, -0.15) is 0 Å². The number of hydrogen-bond acceptors (Lipinski definition) is 4. The van der Waals surface area contributed by atoms with E-state index in [0.717, 1.165) is 9.80 Å². The minimum absolute atomic E-state index is 0.229. The van der Waals surface area contributed by atoms with E-state index in [9.17, 15) is 19.2 Å². The van der Waals surface area contributed by atoms with Crippen molar-refractivity contribution in [2.45, 2.75) is 11.3 Å². The lowest BCUT2D eigenvalue weighted by molar-refractivity contribution is -0.128. The van der Waals surface area contributed by atoms with Gasteiger partial charge in [0.15, 0.2) is 0 Å². The second-order valence-corrected chi connectivity index (χ2v) is 10.9. The van der Waals surface area contributed by atoms with Crippen LogP contribution in [0.2, 0.25) is 10.0 Å². The Morgan fingerprint density at radius 2 is 1.28 bits per heavy atom. The molecule has 3 aromatic rings. The third kappa shape index (κ3) is 2.37. The van der Waals surface area contributed by atoms with Gasteiger partial charge in [-0.15, -0.1) is 11.6 Å². The number of halogens is 4. The lowest BCUT2D eigenvalue weighted by Crippen LogP contribution is -2.42. The fraction of sp³-hybridized carbons (Fsp3) is 0.154. The van der Waals surface area contributed by atoms with Gasteiger partial charge in [0.2, 0.25) is 5.91 Å². The Hall–Kier alpha value is -2.90. The summed E-state index contributed by atoms with van der Waals surface area (Å²) in [7, 11) is 2.83. The molecule has 4 aliphatic rings. The number of nitrogens with zero attached hydrogens (tertiary/aromatic N) is 2. The first-order chi connectivity index (χ1) is 17.0. The van der Waals surface area contributed by atoms with Gasteiger partial charge in [0.1, 0.15) is 0 Å². The van der Waals surface area contributed by atoms with Crippen molar-refractivity contribution in [3.63, 3.8) is 0 Å². The van der Waals surface area contributed by atoms with E-state index in [-0.39, 0.29) is 20.6 Å². The highest BCUT2D eigenvalue weighted by Crippen LogP contribution is 2.57. The summed E-state index contributed by atoms with van der Waals surface area (Å²) >= 11 is 27.4. The number of likely N-dealkylation sites (N-methyl/N-ethyl adjacent to an activating group) is 2. The lowest BCUT2D eigenvalue weighted by Gasteiger charge is -2.37. The van der Waals surface area contributed by atoms with E-state index in [0.29, 0.717) is 54.9 Å². The molecule has 7 rings (SSSR count). The van der Waals surface area contributed by atoms with Crippen LogP contribution in [0.1, 0.15) is 54.3 Å². The molecule has 0 spiro atoms.